The van der Waals surface area contributed by atoms with Crippen molar-refractivity contribution in [1.82, 2.24) is 0 Å². The summed E-state index contributed by atoms with van der Waals surface area (Å²) >= 11 is 0. The highest BCUT2D eigenvalue weighted by molar-refractivity contribution is 6.63. The van der Waals surface area contributed by atoms with Crippen molar-refractivity contribution in [1.29, 1.82) is 0 Å². The van der Waals surface area contributed by atoms with Gasteiger partial charge in [0.2, 0.25) is 5.75 Å². The first-order valence-corrected chi connectivity index (χ1v) is 8.17. The van der Waals surface area contributed by atoms with E-state index in [1.165, 1.54) is 6.07 Å². The average Bonchev–Trinajstić information content (AvgIpc) is 2.77. The first-order valence-electron chi connectivity index (χ1n) is 8.17. The van der Waals surface area contributed by atoms with Crippen LogP contribution < -0.4 is 10.2 Å². The van der Waals surface area contributed by atoms with Crippen LogP contribution in [0.1, 0.15) is 27.7 Å². The predicted molar refractivity (Wildman–Crippen MR) is 95.3 cm³/mol. The number of halogens is 1. The molecule has 136 valence electrons. The summed E-state index contributed by atoms with van der Waals surface area (Å²) in [5, 5.41) is 11.2. The Bertz CT molecular complexity index is 839. The van der Waals surface area contributed by atoms with E-state index in [9.17, 15) is 14.5 Å². The van der Waals surface area contributed by atoms with E-state index in [0.717, 1.165) is 12.1 Å². The van der Waals surface area contributed by atoms with Gasteiger partial charge in [-0.15, -0.1) is 0 Å². The third-order valence-electron chi connectivity index (χ3n) is 4.76. The van der Waals surface area contributed by atoms with Crippen LogP contribution in [0.2, 0.25) is 0 Å². The number of ether oxygens (including phenoxy) is 1. The van der Waals surface area contributed by atoms with E-state index in [0.29, 0.717) is 11.2 Å². The van der Waals surface area contributed by atoms with Gasteiger partial charge in [-0.1, -0.05) is 18.2 Å². The summed E-state index contributed by atoms with van der Waals surface area (Å²) in [5.74, 6) is -0.413. The third kappa shape index (κ3) is 3.30. The van der Waals surface area contributed by atoms with E-state index in [4.69, 9.17) is 14.0 Å². The number of hydrogen-bond acceptors (Lipinski definition) is 5. The van der Waals surface area contributed by atoms with Crippen molar-refractivity contribution in [3.63, 3.8) is 0 Å². The Labute approximate surface area is 151 Å². The Kier molecular flexibility index (Phi) is 4.50. The SMILES string of the molecule is CC1(C)OB(c2ccccc2Oc2ccc(F)cc2[N+](=O)[O-])OC1(C)C. The Morgan fingerprint density at radius 2 is 1.65 bits per heavy atom. The Hall–Kier alpha value is -2.45. The normalized spacial score (nSPS) is 18.0. The lowest BCUT2D eigenvalue weighted by molar-refractivity contribution is -0.385. The molecule has 3 rings (SSSR count). The van der Waals surface area contributed by atoms with Crippen LogP contribution in [-0.4, -0.2) is 23.2 Å². The first-order chi connectivity index (χ1) is 12.1. The van der Waals surface area contributed by atoms with E-state index in [1.807, 2.05) is 27.7 Å². The molecule has 1 saturated heterocycles. The predicted octanol–water partition coefficient (Wildman–Crippen LogP) is 3.83. The molecule has 0 aromatic heterocycles. The molecule has 2 aromatic carbocycles. The van der Waals surface area contributed by atoms with E-state index in [2.05, 4.69) is 0 Å². The van der Waals surface area contributed by atoms with Crippen LogP contribution in [-0.2, 0) is 9.31 Å². The smallest absolute Gasteiger partial charge is 0.450 e. The number of para-hydroxylation sites is 1. The molecule has 2 aromatic rings. The molecule has 0 atom stereocenters. The molecule has 1 fully saturated rings. The molecule has 0 unspecified atom stereocenters. The van der Waals surface area contributed by atoms with Crippen molar-refractivity contribution in [3.05, 3.63) is 58.4 Å². The second kappa shape index (κ2) is 6.37. The average molecular weight is 359 g/mol. The van der Waals surface area contributed by atoms with Crippen LogP contribution in [0.5, 0.6) is 11.5 Å². The minimum atomic E-state index is -0.705. The monoisotopic (exact) mass is 359 g/mol. The lowest BCUT2D eigenvalue weighted by atomic mass is 9.78. The number of nitro benzene ring substituents is 1. The summed E-state index contributed by atoms with van der Waals surface area (Å²) < 4.78 is 31.1. The topological polar surface area (TPSA) is 70.8 Å². The summed E-state index contributed by atoms with van der Waals surface area (Å²) in [5.41, 5.74) is -0.919. The fraction of sp³-hybridized carbons (Fsp3) is 0.333. The van der Waals surface area contributed by atoms with E-state index in [-0.39, 0.29) is 5.75 Å². The van der Waals surface area contributed by atoms with Gasteiger partial charge < -0.3 is 14.0 Å². The standard InChI is InChI=1S/C18H19BFNO5/c1-17(2)18(3,4)26-19(25-17)13-7-5-6-8-15(13)24-16-10-9-12(20)11-14(16)21(22)23/h5-11H,1-4H3. The van der Waals surface area contributed by atoms with Crippen LogP contribution in [0.15, 0.2) is 42.5 Å². The minimum Gasteiger partial charge on any atom is -0.450 e. The van der Waals surface area contributed by atoms with E-state index in [1.54, 1.807) is 24.3 Å². The molecule has 0 bridgehead atoms. The molecule has 8 heteroatoms. The molecule has 0 aliphatic carbocycles. The van der Waals surface area contributed by atoms with Gasteiger partial charge in [-0.25, -0.2) is 4.39 Å². The maximum atomic E-state index is 13.3. The number of rotatable bonds is 4. The van der Waals surface area contributed by atoms with Crippen LogP contribution in [0.3, 0.4) is 0 Å². The third-order valence-corrected chi connectivity index (χ3v) is 4.76. The Morgan fingerprint density at radius 1 is 1.04 bits per heavy atom. The van der Waals surface area contributed by atoms with Crippen molar-refractivity contribution in [2.45, 2.75) is 38.9 Å². The highest BCUT2D eigenvalue weighted by atomic mass is 19.1. The van der Waals surface area contributed by atoms with Crippen molar-refractivity contribution >= 4 is 18.3 Å². The van der Waals surface area contributed by atoms with Crippen molar-refractivity contribution in [2.75, 3.05) is 0 Å². The second-order valence-electron chi connectivity index (χ2n) is 7.10. The summed E-state index contributed by atoms with van der Waals surface area (Å²) in [4.78, 5) is 10.5. The minimum absolute atomic E-state index is 0.0552. The van der Waals surface area contributed by atoms with Gasteiger partial charge in [0.05, 0.1) is 22.2 Å². The zero-order valence-electron chi connectivity index (χ0n) is 15.0. The van der Waals surface area contributed by atoms with Gasteiger partial charge in [-0.3, -0.25) is 10.1 Å². The van der Waals surface area contributed by atoms with Crippen molar-refractivity contribution < 1.29 is 23.4 Å². The van der Waals surface area contributed by atoms with Gasteiger partial charge in [0, 0.05) is 5.46 Å². The summed E-state index contributed by atoms with van der Waals surface area (Å²) in [6.45, 7) is 7.73. The van der Waals surface area contributed by atoms with Crippen LogP contribution >= 0.6 is 0 Å². The van der Waals surface area contributed by atoms with Gasteiger partial charge in [-0.2, -0.15) is 0 Å². The van der Waals surface area contributed by atoms with E-state index >= 15 is 0 Å². The molecule has 6 nitrogen and oxygen atoms in total. The van der Waals surface area contributed by atoms with Crippen LogP contribution in [0.25, 0.3) is 0 Å². The van der Waals surface area contributed by atoms with Crippen LogP contribution in [0.4, 0.5) is 10.1 Å². The van der Waals surface area contributed by atoms with Crippen LogP contribution in [0, 0.1) is 15.9 Å². The van der Waals surface area contributed by atoms with Gasteiger partial charge in [-0.05, 0) is 45.9 Å². The molecule has 26 heavy (non-hydrogen) atoms. The lowest BCUT2D eigenvalue weighted by Crippen LogP contribution is -2.41. The fourth-order valence-corrected chi connectivity index (χ4v) is 2.58. The van der Waals surface area contributed by atoms with Gasteiger partial charge >= 0.3 is 12.8 Å². The molecule has 0 saturated carbocycles. The molecular formula is C18H19BFNO5. The molecule has 1 aliphatic heterocycles. The molecule has 1 heterocycles. The van der Waals surface area contributed by atoms with Gasteiger partial charge in [0.25, 0.3) is 0 Å². The maximum Gasteiger partial charge on any atom is 0.498 e. The summed E-state index contributed by atoms with van der Waals surface area (Å²) in [6.07, 6.45) is 0. The first kappa shape index (κ1) is 18.3. The Morgan fingerprint density at radius 3 is 2.27 bits per heavy atom. The highest BCUT2D eigenvalue weighted by Crippen LogP contribution is 2.38. The number of hydrogen-bond donors (Lipinski definition) is 0. The maximum absolute atomic E-state index is 13.3. The zero-order valence-corrected chi connectivity index (χ0v) is 15.0. The molecule has 0 N–H and O–H groups in total. The Balaban J connectivity index is 1.96. The number of nitrogens with zero attached hydrogens (tertiary/aromatic N) is 1. The highest BCUT2D eigenvalue weighted by Gasteiger charge is 2.52. The summed E-state index contributed by atoms with van der Waals surface area (Å²) in [6, 6.07) is 10.1. The number of nitro groups is 1. The zero-order chi connectivity index (χ0) is 19.1. The largest absolute Gasteiger partial charge is 0.498 e. The quantitative estimate of drug-likeness (QED) is 0.471. The fourth-order valence-electron chi connectivity index (χ4n) is 2.58. The number of benzene rings is 2. The molecule has 1 aliphatic rings. The molecule has 0 amide bonds. The van der Waals surface area contributed by atoms with E-state index < -0.39 is 34.7 Å². The van der Waals surface area contributed by atoms with Gasteiger partial charge in [0.1, 0.15) is 11.6 Å². The molecular weight excluding hydrogens is 340 g/mol. The van der Waals surface area contributed by atoms with Crippen molar-refractivity contribution in [3.8, 4) is 11.5 Å². The second-order valence-corrected chi connectivity index (χ2v) is 7.10. The lowest BCUT2D eigenvalue weighted by Gasteiger charge is -2.32. The van der Waals surface area contributed by atoms with Crippen molar-refractivity contribution in [2.24, 2.45) is 0 Å². The van der Waals surface area contributed by atoms with Gasteiger partial charge in [0.15, 0.2) is 0 Å². The molecule has 0 radical (unpaired) electrons. The molecule has 0 spiro atoms. The summed E-state index contributed by atoms with van der Waals surface area (Å²) in [7, 11) is -0.685.